The van der Waals surface area contributed by atoms with E-state index < -0.39 is 10.8 Å². The standard InChI is InChI=1S/C23H20ClN3O5/c24-17-8-4-13(5-9-17)12-25(21(28)16-2-1-3-18(11-16)27(31)32)26-22(29)19-14-6-7-15(10-14)20(19)23(26)30/h1-5,8-9,11,14-15,19-20H,6-7,10,12H2/t14-,15-,19-,20+/m0/s1. The van der Waals surface area contributed by atoms with Crippen LogP contribution in [0.3, 0.4) is 0 Å². The number of carbonyl (C=O) groups excluding carboxylic acids is 3. The first-order valence-electron chi connectivity index (χ1n) is 10.5. The lowest BCUT2D eigenvalue weighted by atomic mass is 9.81. The van der Waals surface area contributed by atoms with Gasteiger partial charge in [0.25, 0.3) is 23.4 Å². The SMILES string of the molecule is O=C(c1cccc([N+](=O)[O-])c1)N(Cc1ccc(Cl)cc1)N1C(=O)[C@@H]2[C@H]3CC[C@@H](C3)[C@@H]2C1=O. The minimum absolute atomic E-state index is 0.0359. The van der Waals surface area contributed by atoms with Crippen molar-refractivity contribution in [2.45, 2.75) is 25.8 Å². The highest BCUT2D eigenvalue weighted by molar-refractivity contribution is 6.30. The Morgan fingerprint density at radius 1 is 1.06 bits per heavy atom. The topological polar surface area (TPSA) is 101 Å². The molecular formula is C23H20ClN3O5. The molecule has 1 saturated heterocycles. The van der Waals surface area contributed by atoms with Crippen LogP contribution >= 0.6 is 11.6 Å². The van der Waals surface area contributed by atoms with Crippen LogP contribution in [0.25, 0.3) is 0 Å². The molecule has 1 aliphatic heterocycles. The summed E-state index contributed by atoms with van der Waals surface area (Å²) < 4.78 is 0. The number of amides is 3. The van der Waals surface area contributed by atoms with Crippen molar-refractivity contribution in [2.75, 3.05) is 0 Å². The van der Waals surface area contributed by atoms with Gasteiger partial charge in [0.15, 0.2) is 0 Å². The van der Waals surface area contributed by atoms with Crippen LogP contribution in [0.4, 0.5) is 5.69 Å². The van der Waals surface area contributed by atoms with Crippen LogP contribution in [-0.4, -0.2) is 32.7 Å². The molecule has 0 unspecified atom stereocenters. The van der Waals surface area contributed by atoms with Crippen LogP contribution in [0.1, 0.15) is 35.2 Å². The first kappa shape index (κ1) is 20.6. The van der Waals surface area contributed by atoms with E-state index in [9.17, 15) is 24.5 Å². The number of hydrogen-bond acceptors (Lipinski definition) is 5. The minimum atomic E-state index is -0.641. The number of hydrogen-bond donors (Lipinski definition) is 0. The highest BCUT2D eigenvalue weighted by Crippen LogP contribution is 2.56. The van der Waals surface area contributed by atoms with Gasteiger partial charge in [-0.25, -0.2) is 5.01 Å². The van der Waals surface area contributed by atoms with Crippen molar-refractivity contribution in [3.05, 3.63) is 74.8 Å². The van der Waals surface area contributed by atoms with E-state index in [0.29, 0.717) is 10.6 Å². The van der Waals surface area contributed by atoms with Crippen molar-refractivity contribution in [3.63, 3.8) is 0 Å². The number of non-ortho nitro benzene ring substituents is 1. The summed E-state index contributed by atoms with van der Waals surface area (Å²) in [4.78, 5) is 50.8. The van der Waals surface area contributed by atoms with Gasteiger partial charge in [-0.3, -0.25) is 24.5 Å². The van der Waals surface area contributed by atoms with Gasteiger partial charge in [0.1, 0.15) is 0 Å². The first-order chi connectivity index (χ1) is 15.3. The van der Waals surface area contributed by atoms with Gasteiger partial charge in [-0.2, -0.15) is 5.01 Å². The molecule has 3 amide bonds. The Labute approximate surface area is 188 Å². The Bertz CT molecular complexity index is 1110. The molecule has 0 spiro atoms. The number of nitro benzene ring substituents is 1. The molecule has 2 aliphatic carbocycles. The highest BCUT2D eigenvalue weighted by Gasteiger charge is 2.62. The second kappa shape index (κ2) is 7.70. The van der Waals surface area contributed by atoms with Crippen molar-refractivity contribution in [3.8, 4) is 0 Å². The molecule has 1 heterocycles. The summed E-state index contributed by atoms with van der Waals surface area (Å²) in [7, 11) is 0. The molecule has 4 atom stereocenters. The zero-order chi connectivity index (χ0) is 22.6. The van der Waals surface area contributed by atoms with Gasteiger partial charge in [0.2, 0.25) is 0 Å². The van der Waals surface area contributed by atoms with E-state index in [1.165, 1.54) is 18.2 Å². The normalized spacial score (nSPS) is 25.8. The van der Waals surface area contributed by atoms with Crippen LogP contribution < -0.4 is 0 Å². The Kier molecular flexibility index (Phi) is 4.97. The summed E-state index contributed by atoms with van der Waals surface area (Å²) in [5.41, 5.74) is 0.471. The lowest BCUT2D eigenvalue weighted by molar-refractivity contribution is -0.384. The van der Waals surface area contributed by atoms with E-state index in [4.69, 9.17) is 11.6 Å². The average molecular weight is 454 g/mol. The van der Waals surface area contributed by atoms with Gasteiger partial charge < -0.3 is 0 Å². The van der Waals surface area contributed by atoms with Crippen LogP contribution in [-0.2, 0) is 16.1 Å². The second-order valence-corrected chi connectivity index (χ2v) is 9.11. The Balaban J connectivity index is 1.53. The summed E-state index contributed by atoms with van der Waals surface area (Å²) in [6.45, 7) is -0.0368. The summed E-state index contributed by atoms with van der Waals surface area (Å²) in [5.74, 6) is -1.75. The zero-order valence-electron chi connectivity index (χ0n) is 17.0. The third-order valence-electron chi connectivity index (χ3n) is 6.93. The smallest absolute Gasteiger partial charge is 0.272 e. The summed E-state index contributed by atoms with van der Waals surface area (Å²) in [6.07, 6.45) is 2.74. The molecule has 2 aromatic rings. The predicted molar refractivity (Wildman–Crippen MR) is 114 cm³/mol. The number of halogens is 1. The average Bonchev–Trinajstić information content (AvgIpc) is 3.47. The molecule has 3 aliphatic rings. The number of carbonyl (C=O) groups is 3. The van der Waals surface area contributed by atoms with E-state index in [1.54, 1.807) is 24.3 Å². The van der Waals surface area contributed by atoms with Crippen LogP contribution in [0.5, 0.6) is 0 Å². The Morgan fingerprint density at radius 3 is 2.28 bits per heavy atom. The van der Waals surface area contributed by atoms with Crippen LogP contribution in [0.2, 0.25) is 5.02 Å². The fourth-order valence-electron chi connectivity index (χ4n) is 5.53. The third-order valence-corrected chi connectivity index (χ3v) is 7.18. The van der Waals surface area contributed by atoms with E-state index >= 15 is 0 Å². The zero-order valence-corrected chi connectivity index (χ0v) is 17.8. The largest absolute Gasteiger partial charge is 0.273 e. The number of fused-ring (bicyclic) bond motifs is 5. The van der Waals surface area contributed by atoms with Gasteiger partial charge in [0, 0.05) is 22.7 Å². The van der Waals surface area contributed by atoms with E-state index in [1.807, 2.05) is 0 Å². The van der Waals surface area contributed by atoms with Crippen LogP contribution in [0.15, 0.2) is 48.5 Å². The summed E-state index contributed by atoms with van der Waals surface area (Å²) in [5, 5.41) is 13.8. The monoisotopic (exact) mass is 453 g/mol. The highest BCUT2D eigenvalue weighted by atomic mass is 35.5. The molecule has 32 heavy (non-hydrogen) atoms. The van der Waals surface area contributed by atoms with Gasteiger partial charge in [0.05, 0.1) is 23.3 Å². The summed E-state index contributed by atoms with van der Waals surface area (Å²) in [6, 6.07) is 12.1. The fourth-order valence-corrected chi connectivity index (χ4v) is 5.65. The second-order valence-electron chi connectivity index (χ2n) is 8.67. The van der Waals surface area contributed by atoms with Crippen molar-refractivity contribution >= 4 is 35.0 Å². The molecule has 5 rings (SSSR count). The molecule has 3 fully saturated rings. The van der Waals surface area contributed by atoms with Gasteiger partial charge in [-0.05, 0) is 54.9 Å². The lowest BCUT2D eigenvalue weighted by Crippen LogP contribution is -2.50. The minimum Gasteiger partial charge on any atom is -0.272 e. The molecule has 2 saturated carbocycles. The maximum Gasteiger partial charge on any atom is 0.273 e. The molecule has 8 nitrogen and oxygen atoms in total. The molecule has 0 N–H and O–H groups in total. The van der Waals surface area contributed by atoms with Crippen LogP contribution in [0, 0.1) is 33.8 Å². The quantitative estimate of drug-likeness (QED) is 0.389. The van der Waals surface area contributed by atoms with Gasteiger partial charge in [-0.15, -0.1) is 0 Å². The Hall–Kier alpha value is -3.26. The number of imide groups is 1. The van der Waals surface area contributed by atoms with Gasteiger partial charge in [-0.1, -0.05) is 29.8 Å². The van der Waals surface area contributed by atoms with E-state index in [0.717, 1.165) is 35.3 Å². The van der Waals surface area contributed by atoms with E-state index in [2.05, 4.69) is 0 Å². The fraction of sp³-hybridized carbons (Fsp3) is 0.348. The molecule has 9 heteroatoms. The lowest BCUT2D eigenvalue weighted by Gasteiger charge is -2.31. The van der Waals surface area contributed by atoms with E-state index in [-0.39, 0.29) is 53.3 Å². The number of hydrazine groups is 1. The molecular weight excluding hydrogens is 434 g/mol. The number of rotatable bonds is 5. The third kappa shape index (κ3) is 3.26. The predicted octanol–water partition coefficient (Wildman–Crippen LogP) is 3.84. The molecule has 0 aromatic heterocycles. The number of nitrogens with zero attached hydrogens (tertiary/aromatic N) is 3. The molecule has 2 bridgehead atoms. The van der Waals surface area contributed by atoms with Crippen molar-refractivity contribution in [2.24, 2.45) is 23.7 Å². The Morgan fingerprint density at radius 2 is 1.69 bits per heavy atom. The molecule has 164 valence electrons. The van der Waals surface area contributed by atoms with Crippen molar-refractivity contribution < 1.29 is 19.3 Å². The maximum absolute atomic E-state index is 13.5. The number of benzene rings is 2. The van der Waals surface area contributed by atoms with Crippen molar-refractivity contribution in [1.29, 1.82) is 0 Å². The van der Waals surface area contributed by atoms with Gasteiger partial charge >= 0.3 is 0 Å². The molecule has 2 aromatic carbocycles. The maximum atomic E-state index is 13.5. The molecule has 0 radical (unpaired) electrons. The summed E-state index contributed by atoms with van der Waals surface area (Å²) >= 11 is 5.97. The number of nitro groups is 1. The van der Waals surface area contributed by atoms with Crippen molar-refractivity contribution in [1.82, 2.24) is 10.0 Å². The first-order valence-corrected chi connectivity index (χ1v) is 10.9.